The molecule has 1 atom stereocenters. The lowest BCUT2D eigenvalue weighted by molar-refractivity contribution is -0.0101. The Kier molecular flexibility index (Phi) is 5.22. The number of nitrogens with two attached hydrogens (primary N) is 1. The summed E-state index contributed by atoms with van der Waals surface area (Å²) in [5, 5.41) is 1.27. The molecule has 3 nitrogen and oxygen atoms in total. The lowest BCUT2D eigenvalue weighted by atomic mass is 9.92. The van der Waals surface area contributed by atoms with Crippen LogP contribution in [0.2, 0.25) is 10.0 Å². The van der Waals surface area contributed by atoms with E-state index in [2.05, 4.69) is 5.43 Å². The maximum Gasteiger partial charge on any atom is 0.0791 e. The Morgan fingerprint density at radius 1 is 1.41 bits per heavy atom. The van der Waals surface area contributed by atoms with Crippen LogP contribution in [0.5, 0.6) is 0 Å². The average Bonchev–Trinajstić information content (AvgIpc) is 2.27. The molecule has 0 saturated carbocycles. The van der Waals surface area contributed by atoms with E-state index in [9.17, 15) is 0 Å². The van der Waals surface area contributed by atoms with E-state index in [4.69, 9.17) is 33.8 Å². The van der Waals surface area contributed by atoms with Gasteiger partial charge in [-0.1, -0.05) is 29.3 Å². The molecule has 0 aromatic heterocycles. The largest absolute Gasteiger partial charge is 0.377 e. The minimum Gasteiger partial charge on any atom is -0.377 e. The summed E-state index contributed by atoms with van der Waals surface area (Å²) in [5.41, 5.74) is 3.38. The van der Waals surface area contributed by atoms with Gasteiger partial charge in [0.25, 0.3) is 0 Å². The van der Waals surface area contributed by atoms with Gasteiger partial charge in [0.15, 0.2) is 0 Å². The predicted octanol–water partition coefficient (Wildman–Crippen LogP) is 2.79. The van der Waals surface area contributed by atoms with Crippen LogP contribution in [0.3, 0.4) is 0 Å². The van der Waals surface area contributed by atoms with Gasteiger partial charge in [-0.05, 0) is 38.0 Å². The maximum absolute atomic E-state index is 6.13. The number of hydrazine groups is 1. The first-order valence-electron chi connectivity index (χ1n) is 5.36. The quantitative estimate of drug-likeness (QED) is 0.642. The number of rotatable bonds is 5. The number of nitrogens with one attached hydrogen (secondary N) is 1. The van der Waals surface area contributed by atoms with Crippen molar-refractivity contribution in [3.8, 4) is 0 Å². The molecule has 0 aliphatic carbocycles. The number of halogens is 2. The van der Waals surface area contributed by atoms with Crippen LogP contribution in [0.25, 0.3) is 0 Å². The summed E-state index contributed by atoms with van der Waals surface area (Å²) in [5.74, 6) is 5.56. The molecule has 0 radical (unpaired) electrons. The smallest absolute Gasteiger partial charge is 0.0791 e. The number of hydrogen-bond acceptors (Lipinski definition) is 3. The van der Waals surface area contributed by atoms with E-state index >= 15 is 0 Å². The van der Waals surface area contributed by atoms with Crippen molar-refractivity contribution in [2.45, 2.75) is 31.9 Å². The number of hydrogen-bond donors (Lipinski definition) is 2. The summed E-state index contributed by atoms with van der Waals surface area (Å²) >= 11 is 12.0. The summed E-state index contributed by atoms with van der Waals surface area (Å²) in [6.07, 6.45) is 0.674. The Morgan fingerprint density at radius 2 is 2.06 bits per heavy atom. The highest BCUT2D eigenvalue weighted by molar-refractivity contribution is 6.35. The summed E-state index contributed by atoms with van der Waals surface area (Å²) in [4.78, 5) is 0. The Labute approximate surface area is 112 Å². The molecule has 0 bridgehead atoms. The van der Waals surface area contributed by atoms with Crippen molar-refractivity contribution < 1.29 is 4.74 Å². The molecule has 3 N–H and O–H groups in total. The second-order valence-corrected chi connectivity index (χ2v) is 5.31. The first kappa shape index (κ1) is 14.7. The van der Waals surface area contributed by atoms with Crippen molar-refractivity contribution in [1.29, 1.82) is 0 Å². The molecule has 1 aromatic rings. The van der Waals surface area contributed by atoms with Gasteiger partial charge in [-0.15, -0.1) is 0 Å². The van der Waals surface area contributed by atoms with E-state index in [1.165, 1.54) is 0 Å². The molecule has 0 spiro atoms. The Balaban J connectivity index is 2.88. The fraction of sp³-hybridized carbons (Fsp3) is 0.500. The Morgan fingerprint density at radius 3 is 2.53 bits per heavy atom. The van der Waals surface area contributed by atoms with Crippen molar-refractivity contribution in [2.75, 3.05) is 7.11 Å². The molecule has 0 amide bonds. The average molecular weight is 277 g/mol. The van der Waals surface area contributed by atoms with Gasteiger partial charge in [0, 0.05) is 17.2 Å². The standard InChI is InChI=1S/C12H18Cl2N2O/c1-12(2,17-3)11(16-15)6-8-4-5-9(13)7-10(8)14/h4-5,7,11,16H,6,15H2,1-3H3. The molecule has 0 heterocycles. The molecular formula is C12H18Cl2N2O. The summed E-state index contributed by atoms with van der Waals surface area (Å²) in [7, 11) is 1.66. The second kappa shape index (κ2) is 6.03. The molecule has 1 rings (SSSR count). The van der Waals surface area contributed by atoms with Gasteiger partial charge in [-0.3, -0.25) is 11.3 Å². The molecule has 0 aliphatic rings. The van der Waals surface area contributed by atoms with Crippen LogP contribution in [0, 0.1) is 0 Å². The third-order valence-corrected chi connectivity index (χ3v) is 3.59. The van der Waals surface area contributed by atoms with E-state index in [0.717, 1.165) is 5.56 Å². The van der Waals surface area contributed by atoms with Crippen LogP contribution >= 0.6 is 23.2 Å². The van der Waals surface area contributed by atoms with Crippen LogP contribution in [0.15, 0.2) is 18.2 Å². The first-order valence-corrected chi connectivity index (χ1v) is 6.11. The fourth-order valence-corrected chi connectivity index (χ4v) is 2.04. The monoisotopic (exact) mass is 276 g/mol. The third kappa shape index (κ3) is 3.83. The summed E-state index contributed by atoms with van der Waals surface area (Å²) in [6.45, 7) is 3.95. The number of benzene rings is 1. The van der Waals surface area contributed by atoms with E-state index in [1.807, 2.05) is 26.0 Å². The van der Waals surface area contributed by atoms with Crippen molar-refractivity contribution >= 4 is 23.2 Å². The van der Waals surface area contributed by atoms with Crippen molar-refractivity contribution in [2.24, 2.45) is 5.84 Å². The highest BCUT2D eigenvalue weighted by Gasteiger charge is 2.28. The fourth-order valence-electron chi connectivity index (χ4n) is 1.55. The third-order valence-electron chi connectivity index (χ3n) is 3.01. The number of methoxy groups -OCH3 is 1. The molecule has 0 saturated heterocycles. The molecule has 5 heteroatoms. The lowest BCUT2D eigenvalue weighted by Crippen LogP contribution is -2.52. The van der Waals surface area contributed by atoms with E-state index in [1.54, 1.807) is 13.2 Å². The highest BCUT2D eigenvalue weighted by atomic mass is 35.5. The molecular weight excluding hydrogens is 259 g/mol. The Hall–Kier alpha value is -0.320. The highest BCUT2D eigenvalue weighted by Crippen LogP contribution is 2.25. The SMILES string of the molecule is COC(C)(C)C(Cc1ccc(Cl)cc1Cl)NN. The van der Waals surface area contributed by atoms with Crippen molar-refractivity contribution in [3.05, 3.63) is 33.8 Å². The predicted molar refractivity (Wildman–Crippen MR) is 72.4 cm³/mol. The lowest BCUT2D eigenvalue weighted by Gasteiger charge is -2.32. The molecule has 17 heavy (non-hydrogen) atoms. The van der Waals surface area contributed by atoms with Gasteiger partial charge < -0.3 is 4.74 Å². The maximum atomic E-state index is 6.13. The van der Waals surface area contributed by atoms with Crippen LogP contribution in [-0.4, -0.2) is 18.8 Å². The molecule has 0 fully saturated rings. The van der Waals surface area contributed by atoms with Gasteiger partial charge in [0.1, 0.15) is 0 Å². The number of ether oxygens (including phenoxy) is 1. The van der Waals surface area contributed by atoms with Crippen LogP contribution < -0.4 is 11.3 Å². The van der Waals surface area contributed by atoms with E-state index < -0.39 is 0 Å². The molecule has 1 unspecified atom stereocenters. The van der Waals surface area contributed by atoms with Crippen LogP contribution in [-0.2, 0) is 11.2 Å². The molecule has 1 aromatic carbocycles. The van der Waals surface area contributed by atoms with Crippen molar-refractivity contribution in [1.82, 2.24) is 5.43 Å². The van der Waals surface area contributed by atoms with Gasteiger partial charge >= 0.3 is 0 Å². The summed E-state index contributed by atoms with van der Waals surface area (Å²) < 4.78 is 5.41. The molecule has 0 aliphatic heterocycles. The van der Waals surface area contributed by atoms with E-state index in [-0.39, 0.29) is 11.6 Å². The Bertz CT molecular complexity index is 383. The minimum absolute atomic E-state index is 0.0359. The summed E-state index contributed by atoms with van der Waals surface area (Å²) in [6, 6.07) is 5.41. The van der Waals surface area contributed by atoms with Crippen LogP contribution in [0.1, 0.15) is 19.4 Å². The van der Waals surface area contributed by atoms with E-state index in [0.29, 0.717) is 16.5 Å². The zero-order valence-corrected chi connectivity index (χ0v) is 11.8. The van der Waals surface area contributed by atoms with Crippen molar-refractivity contribution in [3.63, 3.8) is 0 Å². The van der Waals surface area contributed by atoms with Gasteiger partial charge in [0.2, 0.25) is 0 Å². The zero-order valence-electron chi connectivity index (χ0n) is 10.3. The normalized spacial score (nSPS) is 13.8. The topological polar surface area (TPSA) is 47.3 Å². The zero-order chi connectivity index (χ0) is 13.1. The van der Waals surface area contributed by atoms with Gasteiger partial charge in [-0.2, -0.15) is 0 Å². The van der Waals surface area contributed by atoms with Crippen LogP contribution in [0.4, 0.5) is 0 Å². The first-order chi connectivity index (χ1) is 7.90. The van der Waals surface area contributed by atoms with Gasteiger partial charge in [0.05, 0.1) is 11.6 Å². The minimum atomic E-state index is -0.377. The van der Waals surface area contributed by atoms with Gasteiger partial charge in [-0.25, -0.2) is 0 Å². The molecule has 96 valence electrons. The second-order valence-electron chi connectivity index (χ2n) is 4.47.